The number of amides is 2. The van der Waals surface area contributed by atoms with Crippen molar-refractivity contribution in [1.82, 2.24) is 9.80 Å². The summed E-state index contributed by atoms with van der Waals surface area (Å²) in [5.41, 5.74) is 0.363. The fourth-order valence-corrected chi connectivity index (χ4v) is 9.68. The Morgan fingerprint density at radius 2 is 1.89 bits per heavy atom. The maximum atomic E-state index is 14.7. The smallest absolute Gasteiger partial charge is 0.308 e. The summed E-state index contributed by atoms with van der Waals surface area (Å²) >= 11 is 1.53. The van der Waals surface area contributed by atoms with Crippen molar-refractivity contribution in [2.24, 2.45) is 17.3 Å². The van der Waals surface area contributed by atoms with E-state index < -0.39 is 40.2 Å². The molecule has 0 aliphatic carbocycles. The Hall–Kier alpha value is -2.32. The van der Waals surface area contributed by atoms with Crippen LogP contribution < -0.4 is 0 Å². The molecule has 0 saturated carbocycles. The zero-order chi connectivity index (χ0) is 28.0. The number of aliphatic hydroxyl groups excluding tert-OH is 1. The summed E-state index contributed by atoms with van der Waals surface area (Å²) in [5, 5.41) is 20.5. The van der Waals surface area contributed by atoms with E-state index in [0.29, 0.717) is 25.8 Å². The lowest BCUT2D eigenvalue weighted by Gasteiger charge is -2.46. The van der Waals surface area contributed by atoms with Gasteiger partial charge in [0.15, 0.2) is 0 Å². The van der Waals surface area contributed by atoms with Crippen molar-refractivity contribution < 1.29 is 24.6 Å². The van der Waals surface area contributed by atoms with Crippen LogP contribution >= 0.6 is 11.8 Å². The molecule has 208 valence electrons. The van der Waals surface area contributed by atoms with Gasteiger partial charge in [-0.15, -0.1) is 18.3 Å². The summed E-state index contributed by atoms with van der Waals surface area (Å²) in [6.07, 6.45) is 4.11. The third kappa shape index (κ3) is 4.90. The molecule has 2 N–H and O–H groups in total. The average Bonchev–Trinajstić information content (AvgIpc) is 3.47. The summed E-state index contributed by atoms with van der Waals surface area (Å²) in [6.45, 7) is 14.4. The van der Waals surface area contributed by atoms with Gasteiger partial charge in [-0.05, 0) is 50.5 Å². The second-order valence-electron chi connectivity index (χ2n) is 13.0. The monoisotopic (exact) mass is 542 g/mol. The normalized spacial score (nSPS) is 29.3. The molecule has 3 aliphatic rings. The average molecular weight is 543 g/mol. The number of fused-ring (bicyclic) bond motifs is 1. The molecule has 0 radical (unpaired) electrons. The maximum absolute atomic E-state index is 14.7. The largest absolute Gasteiger partial charge is 0.481 e. The van der Waals surface area contributed by atoms with Crippen LogP contribution in [0.25, 0.3) is 0 Å². The van der Waals surface area contributed by atoms with Crippen molar-refractivity contribution >= 4 is 29.5 Å². The number of hydrogen-bond acceptors (Lipinski definition) is 5. The highest BCUT2D eigenvalue weighted by Gasteiger charge is 2.74. The summed E-state index contributed by atoms with van der Waals surface area (Å²) in [6, 6.07) is 8.12. The van der Waals surface area contributed by atoms with E-state index >= 15 is 0 Å². The first-order chi connectivity index (χ1) is 17.8. The number of benzene rings is 1. The molecule has 3 fully saturated rings. The van der Waals surface area contributed by atoms with Crippen LogP contribution in [0.1, 0.15) is 59.4 Å². The number of likely N-dealkylation sites (tertiary alicyclic amines) is 1. The number of aliphatic hydroxyl groups is 1. The second-order valence-corrected chi connectivity index (χ2v) is 14.6. The van der Waals surface area contributed by atoms with Crippen LogP contribution in [0.2, 0.25) is 0 Å². The number of carbonyl (C=O) groups is 3. The van der Waals surface area contributed by atoms with Crippen LogP contribution in [0.3, 0.4) is 0 Å². The summed E-state index contributed by atoms with van der Waals surface area (Å²) in [7, 11) is 0. The fraction of sp³-hybridized carbons (Fsp3) is 0.633. The van der Waals surface area contributed by atoms with Gasteiger partial charge in [-0.25, -0.2) is 0 Å². The first-order valence-corrected chi connectivity index (χ1v) is 14.5. The van der Waals surface area contributed by atoms with Crippen LogP contribution in [0.15, 0.2) is 43.0 Å². The van der Waals surface area contributed by atoms with Gasteiger partial charge in [0.25, 0.3) is 0 Å². The minimum Gasteiger partial charge on any atom is -0.481 e. The lowest BCUT2D eigenvalue weighted by molar-refractivity contribution is -0.150. The quantitative estimate of drug-likeness (QED) is 0.434. The Morgan fingerprint density at radius 3 is 2.45 bits per heavy atom. The number of carboxylic acids is 1. The third-order valence-electron chi connectivity index (χ3n) is 8.45. The molecule has 1 spiro atoms. The van der Waals surface area contributed by atoms with Gasteiger partial charge >= 0.3 is 5.97 Å². The van der Waals surface area contributed by atoms with Crippen LogP contribution in [-0.4, -0.2) is 78.6 Å². The maximum Gasteiger partial charge on any atom is 0.308 e. The molecule has 4 rings (SSSR count). The molecule has 6 atom stereocenters. The molecule has 3 saturated heterocycles. The van der Waals surface area contributed by atoms with E-state index in [1.165, 1.54) is 11.8 Å². The standard InChI is InChI=1S/C30H42N2O5S/c1-7-15-31(29(5,6)18-28(2,3)4)26(35)24-30-14-13-21(38-30)22(27(36)37)23(30)25(34)32(24)20(17-33)16-19-11-9-8-10-12-19/h7-12,20-24,33H,1,13-18H2,2-6H3,(H,36,37)/t20-,21+,22-,23+,24?,30?/m1/s1. The van der Waals surface area contributed by atoms with E-state index in [1.807, 2.05) is 49.1 Å². The molecule has 7 nitrogen and oxygen atoms in total. The molecule has 38 heavy (non-hydrogen) atoms. The van der Waals surface area contributed by atoms with Crippen molar-refractivity contribution in [1.29, 1.82) is 0 Å². The van der Waals surface area contributed by atoms with Gasteiger partial charge in [-0.2, -0.15) is 0 Å². The first-order valence-electron chi connectivity index (χ1n) is 13.6. The molecule has 2 unspecified atom stereocenters. The summed E-state index contributed by atoms with van der Waals surface area (Å²) in [4.78, 5) is 44.7. The number of thioether (sulfide) groups is 1. The Balaban J connectivity index is 1.81. The van der Waals surface area contributed by atoms with Crippen molar-refractivity contribution in [2.75, 3.05) is 13.2 Å². The minimum absolute atomic E-state index is 0.0505. The Kier molecular flexibility index (Phi) is 7.80. The minimum atomic E-state index is -0.977. The molecular weight excluding hydrogens is 500 g/mol. The molecule has 0 aromatic heterocycles. The van der Waals surface area contributed by atoms with Crippen LogP contribution in [0.4, 0.5) is 0 Å². The lowest BCUT2D eigenvalue weighted by Crippen LogP contribution is -2.61. The van der Waals surface area contributed by atoms with Crippen molar-refractivity contribution in [3.05, 3.63) is 48.6 Å². The van der Waals surface area contributed by atoms with E-state index in [4.69, 9.17) is 0 Å². The summed E-state index contributed by atoms with van der Waals surface area (Å²) in [5.74, 6) is -3.07. The lowest BCUT2D eigenvalue weighted by atomic mass is 9.71. The number of carbonyl (C=O) groups excluding carboxylic acids is 2. The van der Waals surface area contributed by atoms with E-state index in [0.717, 1.165) is 12.0 Å². The molecule has 2 bridgehead atoms. The van der Waals surface area contributed by atoms with E-state index in [9.17, 15) is 24.6 Å². The van der Waals surface area contributed by atoms with Crippen molar-refractivity contribution in [3.63, 3.8) is 0 Å². The predicted molar refractivity (Wildman–Crippen MR) is 150 cm³/mol. The van der Waals surface area contributed by atoms with Gasteiger partial charge in [-0.3, -0.25) is 14.4 Å². The highest BCUT2D eigenvalue weighted by molar-refractivity contribution is 8.02. The molecule has 3 heterocycles. The zero-order valence-electron chi connectivity index (χ0n) is 23.2. The molecule has 2 amide bonds. The van der Waals surface area contributed by atoms with Crippen molar-refractivity contribution in [2.45, 2.75) is 87.9 Å². The highest BCUT2D eigenvalue weighted by Crippen LogP contribution is 2.67. The number of nitrogens with zero attached hydrogens (tertiary/aromatic N) is 2. The fourth-order valence-electron chi connectivity index (χ4n) is 7.49. The molecular formula is C30H42N2O5S. The topological polar surface area (TPSA) is 98.2 Å². The highest BCUT2D eigenvalue weighted by atomic mass is 32.2. The Bertz CT molecular complexity index is 1080. The van der Waals surface area contributed by atoms with Gasteiger partial charge in [-0.1, -0.05) is 57.2 Å². The summed E-state index contributed by atoms with van der Waals surface area (Å²) < 4.78 is -0.816. The molecule has 1 aromatic rings. The van der Waals surface area contributed by atoms with E-state index in [-0.39, 0.29) is 29.1 Å². The Labute approximate surface area is 230 Å². The van der Waals surface area contributed by atoms with Crippen LogP contribution in [-0.2, 0) is 20.8 Å². The molecule has 1 aromatic carbocycles. The van der Waals surface area contributed by atoms with Crippen molar-refractivity contribution in [3.8, 4) is 0 Å². The van der Waals surface area contributed by atoms with Gasteiger partial charge in [0, 0.05) is 17.3 Å². The first kappa shape index (κ1) is 28.7. The van der Waals surface area contributed by atoms with E-state index in [1.54, 1.807) is 11.0 Å². The zero-order valence-corrected chi connectivity index (χ0v) is 24.0. The van der Waals surface area contributed by atoms with Crippen LogP contribution in [0.5, 0.6) is 0 Å². The molecule has 8 heteroatoms. The second kappa shape index (κ2) is 10.3. The number of rotatable bonds is 10. The van der Waals surface area contributed by atoms with Gasteiger partial charge in [0.1, 0.15) is 6.04 Å². The number of hydrogen-bond donors (Lipinski definition) is 2. The molecule has 3 aliphatic heterocycles. The van der Waals surface area contributed by atoms with Gasteiger partial charge in [0.2, 0.25) is 11.8 Å². The predicted octanol–water partition coefficient (Wildman–Crippen LogP) is 4.00. The van der Waals surface area contributed by atoms with Gasteiger partial charge < -0.3 is 20.0 Å². The number of aliphatic carboxylic acids is 1. The van der Waals surface area contributed by atoms with Crippen LogP contribution in [0, 0.1) is 17.3 Å². The SMILES string of the molecule is C=CCN(C(=O)C1N([C@@H](CO)Cc2ccccc2)C(=O)[C@@H]2[C@H](C(=O)O)[C@@H]3CCC12S3)C(C)(C)CC(C)(C)C. The number of carboxylic acid groups (broad SMARTS) is 1. The Morgan fingerprint density at radius 1 is 1.24 bits per heavy atom. The third-order valence-corrected chi connectivity index (χ3v) is 10.4. The van der Waals surface area contributed by atoms with Gasteiger partial charge in [0.05, 0.1) is 29.2 Å². The van der Waals surface area contributed by atoms with E-state index in [2.05, 4.69) is 27.4 Å².